The average Bonchev–Trinajstić information content (AvgIpc) is 2.54. The molecule has 7 heteroatoms. The van der Waals surface area contributed by atoms with Crippen molar-refractivity contribution in [2.45, 2.75) is 65.3 Å². The fourth-order valence-corrected chi connectivity index (χ4v) is 2.86. The summed E-state index contributed by atoms with van der Waals surface area (Å²) in [5.41, 5.74) is 0.184. The number of aromatic nitrogens is 1. The molecule has 1 heterocycles. The van der Waals surface area contributed by atoms with Crippen molar-refractivity contribution in [1.29, 1.82) is 0 Å². The molecule has 0 fully saturated rings. The molecule has 1 aromatic rings. The van der Waals surface area contributed by atoms with Gasteiger partial charge in [0.1, 0.15) is 12.2 Å². The van der Waals surface area contributed by atoms with Crippen molar-refractivity contribution in [3.8, 4) is 17.6 Å². The van der Waals surface area contributed by atoms with Gasteiger partial charge in [0.25, 0.3) is 0 Å². The minimum absolute atomic E-state index is 0.166. The predicted octanol–water partition coefficient (Wildman–Crippen LogP) is 4.36. The zero-order valence-corrected chi connectivity index (χ0v) is 19.4. The molecular formula is C21H34N2O4Si. The zero-order valence-electron chi connectivity index (χ0n) is 18.4. The standard InChI is InChI=1S/C21H34N2O4Si/c1-20(2,3)27-19(24)23-12-9-10-17-11-13-22-16-18(17)25-14-15-26-28(7,8)21(4,5)6/h11,13,16H,12,14-15H2,1-8H3,(H,23,24). The SMILES string of the molecule is CC(C)(C)OC(=O)NCC#Cc1ccncc1OCCO[Si](C)(C)C(C)(C)C. The third kappa shape index (κ3) is 8.76. The van der Waals surface area contributed by atoms with Crippen LogP contribution in [0.1, 0.15) is 47.1 Å². The molecule has 0 aliphatic heterocycles. The summed E-state index contributed by atoms with van der Waals surface area (Å²) in [6.45, 7) is 17.6. The third-order valence-corrected chi connectivity index (χ3v) is 8.88. The number of nitrogens with zero attached hydrogens (tertiary/aromatic N) is 1. The lowest BCUT2D eigenvalue weighted by Crippen LogP contribution is -2.41. The van der Waals surface area contributed by atoms with Crippen LogP contribution in [0, 0.1) is 11.8 Å². The molecule has 1 rings (SSSR count). The third-order valence-electron chi connectivity index (χ3n) is 4.34. The van der Waals surface area contributed by atoms with Crippen LogP contribution >= 0.6 is 0 Å². The second kappa shape index (κ2) is 9.94. The molecule has 28 heavy (non-hydrogen) atoms. The largest absolute Gasteiger partial charge is 0.488 e. The van der Waals surface area contributed by atoms with Gasteiger partial charge in [-0.3, -0.25) is 4.98 Å². The summed E-state index contributed by atoms with van der Waals surface area (Å²) in [4.78, 5) is 15.7. The van der Waals surface area contributed by atoms with Crippen LogP contribution < -0.4 is 10.1 Å². The van der Waals surface area contributed by atoms with E-state index in [-0.39, 0.29) is 11.6 Å². The van der Waals surface area contributed by atoms with Crippen molar-refractivity contribution in [2.24, 2.45) is 0 Å². The van der Waals surface area contributed by atoms with Gasteiger partial charge in [0, 0.05) is 6.20 Å². The minimum atomic E-state index is -1.79. The Morgan fingerprint density at radius 3 is 2.46 bits per heavy atom. The molecule has 0 aliphatic carbocycles. The van der Waals surface area contributed by atoms with Crippen LogP contribution in [0.5, 0.6) is 5.75 Å². The number of ether oxygens (including phenoxy) is 2. The number of hydrogen-bond donors (Lipinski definition) is 1. The Kier molecular flexibility index (Phi) is 8.52. The van der Waals surface area contributed by atoms with E-state index in [2.05, 4.69) is 56.0 Å². The molecule has 0 unspecified atom stereocenters. The molecule has 1 N–H and O–H groups in total. The molecule has 0 spiro atoms. The first-order valence-corrected chi connectivity index (χ1v) is 12.4. The first-order chi connectivity index (χ1) is 12.8. The summed E-state index contributed by atoms with van der Waals surface area (Å²) >= 11 is 0. The van der Waals surface area contributed by atoms with Gasteiger partial charge in [-0.25, -0.2) is 4.79 Å². The number of amides is 1. The van der Waals surface area contributed by atoms with Crippen molar-refractivity contribution in [3.63, 3.8) is 0 Å². The number of nitrogens with one attached hydrogen (secondary N) is 1. The Balaban J connectivity index is 2.54. The molecule has 1 amide bonds. The predicted molar refractivity (Wildman–Crippen MR) is 114 cm³/mol. The van der Waals surface area contributed by atoms with E-state index >= 15 is 0 Å². The van der Waals surface area contributed by atoms with E-state index in [9.17, 15) is 4.79 Å². The van der Waals surface area contributed by atoms with Gasteiger partial charge in [-0.2, -0.15) is 0 Å². The lowest BCUT2D eigenvalue weighted by molar-refractivity contribution is 0.0535. The smallest absolute Gasteiger partial charge is 0.408 e. The van der Waals surface area contributed by atoms with E-state index in [0.29, 0.717) is 24.5 Å². The fourth-order valence-electron chi connectivity index (χ4n) is 1.83. The minimum Gasteiger partial charge on any atom is -0.488 e. The van der Waals surface area contributed by atoms with Crippen molar-refractivity contribution < 1.29 is 18.7 Å². The molecule has 1 aromatic heterocycles. The van der Waals surface area contributed by atoms with Gasteiger partial charge in [0.2, 0.25) is 0 Å². The topological polar surface area (TPSA) is 69.7 Å². The number of carbonyl (C=O) groups is 1. The van der Waals surface area contributed by atoms with Gasteiger partial charge < -0.3 is 19.2 Å². The highest BCUT2D eigenvalue weighted by atomic mass is 28.4. The summed E-state index contributed by atoms with van der Waals surface area (Å²) in [7, 11) is -1.79. The number of pyridine rings is 1. The maximum Gasteiger partial charge on any atom is 0.408 e. The summed E-state index contributed by atoms with van der Waals surface area (Å²) in [6.07, 6.45) is 2.80. The van der Waals surface area contributed by atoms with Crippen LogP contribution in [0.2, 0.25) is 18.1 Å². The number of hydrogen-bond acceptors (Lipinski definition) is 5. The van der Waals surface area contributed by atoms with Gasteiger partial charge >= 0.3 is 6.09 Å². The molecule has 0 saturated heterocycles. The first kappa shape index (κ1) is 24.0. The summed E-state index contributed by atoms with van der Waals surface area (Å²) < 4.78 is 17.1. The summed E-state index contributed by atoms with van der Waals surface area (Å²) in [5.74, 6) is 6.50. The lowest BCUT2D eigenvalue weighted by atomic mass is 10.2. The van der Waals surface area contributed by atoms with Crippen LogP contribution in [0.25, 0.3) is 0 Å². The maximum absolute atomic E-state index is 11.6. The Morgan fingerprint density at radius 2 is 1.86 bits per heavy atom. The van der Waals surface area contributed by atoms with Crippen molar-refractivity contribution in [3.05, 3.63) is 24.0 Å². The van der Waals surface area contributed by atoms with Gasteiger partial charge in [-0.1, -0.05) is 32.6 Å². The van der Waals surface area contributed by atoms with Crippen molar-refractivity contribution in [2.75, 3.05) is 19.8 Å². The van der Waals surface area contributed by atoms with Gasteiger partial charge in [-0.15, -0.1) is 0 Å². The maximum atomic E-state index is 11.6. The molecule has 0 atom stereocenters. The zero-order chi connectivity index (χ0) is 21.4. The average molecular weight is 407 g/mol. The van der Waals surface area contributed by atoms with Crippen LogP contribution in [0.15, 0.2) is 18.5 Å². The van der Waals surface area contributed by atoms with Gasteiger partial charge in [0.05, 0.1) is 24.9 Å². The van der Waals surface area contributed by atoms with Gasteiger partial charge in [0.15, 0.2) is 14.1 Å². The lowest BCUT2D eigenvalue weighted by Gasteiger charge is -2.36. The number of carbonyl (C=O) groups excluding carboxylic acids is 1. The van der Waals surface area contributed by atoms with Crippen molar-refractivity contribution >= 4 is 14.4 Å². The van der Waals surface area contributed by atoms with Crippen molar-refractivity contribution in [1.82, 2.24) is 10.3 Å². The van der Waals surface area contributed by atoms with E-state index in [4.69, 9.17) is 13.9 Å². The molecule has 156 valence electrons. The highest BCUT2D eigenvalue weighted by Gasteiger charge is 2.36. The fraction of sp³-hybridized carbons (Fsp3) is 0.619. The normalized spacial score (nSPS) is 12.0. The quantitative estimate of drug-likeness (QED) is 0.432. The summed E-state index contributed by atoms with van der Waals surface area (Å²) in [5, 5.41) is 2.77. The van der Waals surface area contributed by atoms with E-state index in [1.165, 1.54) is 0 Å². The molecule has 0 radical (unpaired) electrons. The molecule has 0 aliphatic rings. The Bertz CT molecular complexity index is 710. The Morgan fingerprint density at radius 1 is 1.18 bits per heavy atom. The molecular weight excluding hydrogens is 372 g/mol. The molecule has 0 saturated carbocycles. The molecule has 0 aromatic carbocycles. The molecule has 6 nitrogen and oxygen atoms in total. The van der Waals surface area contributed by atoms with E-state index < -0.39 is 20.0 Å². The van der Waals surface area contributed by atoms with Crippen LogP contribution in [-0.2, 0) is 9.16 Å². The highest BCUT2D eigenvalue weighted by Crippen LogP contribution is 2.36. The van der Waals surface area contributed by atoms with E-state index in [1.807, 2.05) is 20.8 Å². The monoisotopic (exact) mass is 406 g/mol. The second-order valence-corrected chi connectivity index (χ2v) is 13.8. The van der Waals surface area contributed by atoms with Crippen LogP contribution in [-0.4, -0.2) is 44.8 Å². The highest BCUT2D eigenvalue weighted by molar-refractivity contribution is 6.74. The van der Waals surface area contributed by atoms with Crippen LogP contribution in [0.4, 0.5) is 4.79 Å². The molecule has 0 bridgehead atoms. The van der Waals surface area contributed by atoms with E-state index in [0.717, 1.165) is 0 Å². The summed E-state index contributed by atoms with van der Waals surface area (Å²) in [6, 6.07) is 1.78. The van der Waals surface area contributed by atoms with E-state index in [1.54, 1.807) is 18.5 Å². The number of alkyl carbamates (subject to hydrolysis) is 1. The second-order valence-electron chi connectivity index (χ2n) is 8.99. The van der Waals surface area contributed by atoms with Crippen LogP contribution in [0.3, 0.4) is 0 Å². The Hall–Kier alpha value is -2.04. The first-order valence-electron chi connectivity index (χ1n) is 9.48. The number of rotatable bonds is 6. The van der Waals surface area contributed by atoms with Gasteiger partial charge in [-0.05, 0) is 45.0 Å². The Labute approximate surface area is 170 Å².